The fourth-order valence-electron chi connectivity index (χ4n) is 1.07. The van der Waals surface area contributed by atoms with E-state index in [0.717, 1.165) is 6.26 Å². The first-order chi connectivity index (χ1) is 6.45. The predicted octanol–water partition coefficient (Wildman–Crippen LogP) is 0.0822. The van der Waals surface area contributed by atoms with Crippen LogP contribution in [0.4, 0.5) is 0 Å². The minimum Gasteiger partial charge on any atom is -0.387 e. The van der Waals surface area contributed by atoms with E-state index in [4.69, 9.17) is 5.73 Å². The highest BCUT2D eigenvalue weighted by atomic mass is 32.2. The Labute approximate surface area is 83.3 Å². The molecule has 1 aromatic rings. The smallest absolute Gasteiger partial charge is 0.175 e. The normalized spacial score (nSPS) is 13.9. The van der Waals surface area contributed by atoms with Gasteiger partial charge >= 0.3 is 0 Å². The summed E-state index contributed by atoms with van der Waals surface area (Å²) in [5.74, 6) is 0. The van der Waals surface area contributed by atoms with Gasteiger partial charge in [0, 0.05) is 12.8 Å². The molecule has 4 nitrogen and oxygen atoms in total. The molecule has 0 aliphatic heterocycles. The van der Waals surface area contributed by atoms with Crippen LogP contribution in [0.15, 0.2) is 29.2 Å². The Bertz CT molecular complexity index is 397. The van der Waals surface area contributed by atoms with Crippen molar-refractivity contribution in [3.8, 4) is 0 Å². The van der Waals surface area contributed by atoms with Crippen LogP contribution in [0.2, 0.25) is 0 Å². The lowest BCUT2D eigenvalue weighted by Gasteiger charge is -2.07. The Balaban J connectivity index is 3.01. The van der Waals surface area contributed by atoms with Crippen LogP contribution in [0.25, 0.3) is 0 Å². The van der Waals surface area contributed by atoms with Crippen LogP contribution in [0.3, 0.4) is 0 Å². The Hall–Kier alpha value is -0.910. The highest BCUT2D eigenvalue weighted by Gasteiger charge is 2.08. The van der Waals surface area contributed by atoms with Gasteiger partial charge in [0.15, 0.2) is 9.84 Å². The van der Waals surface area contributed by atoms with Crippen molar-refractivity contribution in [3.05, 3.63) is 29.8 Å². The second-order valence-corrected chi connectivity index (χ2v) is 5.11. The summed E-state index contributed by atoms with van der Waals surface area (Å²) in [7, 11) is -3.16. The fourth-order valence-corrected chi connectivity index (χ4v) is 1.70. The minimum absolute atomic E-state index is 0.123. The number of sulfone groups is 1. The van der Waals surface area contributed by atoms with Gasteiger partial charge in [-0.15, -0.1) is 0 Å². The number of nitrogens with two attached hydrogens (primary N) is 1. The molecular weight excluding hydrogens is 202 g/mol. The van der Waals surface area contributed by atoms with Crippen molar-refractivity contribution in [3.63, 3.8) is 0 Å². The summed E-state index contributed by atoms with van der Waals surface area (Å²) in [6, 6.07) is 6.05. The number of aliphatic hydroxyl groups excluding tert-OH is 1. The predicted molar refractivity (Wildman–Crippen MR) is 53.6 cm³/mol. The van der Waals surface area contributed by atoms with Gasteiger partial charge in [-0.3, -0.25) is 0 Å². The van der Waals surface area contributed by atoms with Crippen LogP contribution in [-0.2, 0) is 9.84 Å². The summed E-state index contributed by atoms with van der Waals surface area (Å²) >= 11 is 0. The molecule has 5 heteroatoms. The molecule has 0 unspecified atom stereocenters. The SMILES string of the molecule is CS(=O)(=O)c1ccc([C@H](O)CN)cc1. The van der Waals surface area contributed by atoms with E-state index < -0.39 is 15.9 Å². The van der Waals surface area contributed by atoms with Crippen molar-refractivity contribution in [1.29, 1.82) is 0 Å². The highest BCUT2D eigenvalue weighted by molar-refractivity contribution is 7.90. The lowest BCUT2D eigenvalue weighted by Crippen LogP contribution is -2.11. The summed E-state index contributed by atoms with van der Waals surface area (Å²) < 4.78 is 22.2. The van der Waals surface area contributed by atoms with Crippen molar-refractivity contribution in [2.45, 2.75) is 11.0 Å². The fraction of sp³-hybridized carbons (Fsp3) is 0.333. The van der Waals surface area contributed by atoms with Gasteiger partial charge in [-0.1, -0.05) is 12.1 Å². The standard InChI is InChI=1S/C9H13NO3S/c1-14(12,13)8-4-2-7(3-5-8)9(11)6-10/h2-5,9,11H,6,10H2,1H3/t9-/m1/s1. The van der Waals surface area contributed by atoms with Crippen molar-refractivity contribution in [2.75, 3.05) is 12.8 Å². The maximum atomic E-state index is 11.1. The van der Waals surface area contributed by atoms with Gasteiger partial charge in [0.05, 0.1) is 11.0 Å². The lowest BCUT2D eigenvalue weighted by atomic mass is 10.1. The molecule has 78 valence electrons. The molecule has 0 heterocycles. The third kappa shape index (κ3) is 2.54. The quantitative estimate of drug-likeness (QED) is 0.748. The van der Waals surface area contributed by atoms with Gasteiger partial charge in [0.2, 0.25) is 0 Å². The van der Waals surface area contributed by atoms with E-state index in [1.807, 2.05) is 0 Å². The summed E-state index contributed by atoms with van der Waals surface area (Å²) in [6.07, 6.45) is 0.407. The lowest BCUT2D eigenvalue weighted by molar-refractivity contribution is 0.186. The Kier molecular flexibility index (Phi) is 3.25. The summed E-state index contributed by atoms with van der Waals surface area (Å²) in [4.78, 5) is 0.241. The van der Waals surface area contributed by atoms with Gasteiger partial charge in [0.1, 0.15) is 0 Å². The second kappa shape index (κ2) is 4.08. The first kappa shape index (κ1) is 11.2. The third-order valence-corrected chi connectivity index (χ3v) is 3.04. The van der Waals surface area contributed by atoms with E-state index in [-0.39, 0.29) is 11.4 Å². The van der Waals surface area contributed by atoms with Gasteiger partial charge in [-0.25, -0.2) is 8.42 Å². The zero-order chi connectivity index (χ0) is 10.8. The summed E-state index contributed by atoms with van der Waals surface area (Å²) in [5.41, 5.74) is 5.88. The zero-order valence-electron chi connectivity index (χ0n) is 7.84. The minimum atomic E-state index is -3.16. The maximum absolute atomic E-state index is 11.1. The average Bonchev–Trinajstić information content (AvgIpc) is 2.15. The molecule has 0 fully saturated rings. The molecular formula is C9H13NO3S. The van der Waals surface area contributed by atoms with Gasteiger partial charge in [-0.2, -0.15) is 0 Å². The first-order valence-electron chi connectivity index (χ1n) is 4.13. The molecule has 0 aliphatic carbocycles. The number of hydrogen-bond acceptors (Lipinski definition) is 4. The molecule has 0 aromatic heterocycles. The van der Waals surface area contributed by atoms with Crippen molar-refractivity contribution in [1.82, 2.24) is 0 Å². The number of aliphatic hydroxyl groups is 1. The first-order valence-corrected chi connectivity index (χ1v) is 6.02. The highest BCUT2D eigenvalue weighted by Crippen LogP contribution is 2.15. The Morgan fingerprint density at radius 2 is 1.86 bits per heavy atom. The molecule has 1 atom stereocenters. The van der Waals surface area contributed by atoms with Crippen LogP contribution < -0.4 is 5.73 Å². The Morgan fingerprint density at radius 1 is 1.36 bits per heavy atom. The molecule has 0 spiro atoms. The van der Waals surface area contributed by atoms with Gasteiger partial charge in [0.25, 0.3) is 0 Å². The second-order valence-electron chi connectivity index (χ2n) is 3.09. The Morgan fingerprint density at radius 3 is 2.21 bits per heavy atom. The largest absolute Gasteiger partial charge is 0.387 e. The average molecular weight is 215 g/mol. The molecule has 0 aliphatic rings. The van der Waals surface area contributed by atoms with E-state index in [2.05, 4.69) is 0 Å². The van der Waals surface area contributed by atoms with E-state index in [1.165, 1.54) is 12.1 Å². The molecule has 0 amide bonds. The number of rotatable bonds is 3. The topological polar surface area (TPSA) is 80.4 Å². The molecule has 1 rings (SSSR count). The molecule has 0 radical (unpaired) electrons. The number of benzene rings is 1. The van der Waals surface area contributed by atoms with Crippen LogP contribution in [0.5, 0.6) is 0 Å². The maximum Gasteiger partial charge on any atom is 0.175 e. The molecule has 0 saturated heterocycles. The van der Waals surface area contributed by atoms with Gasteiger partial charge in [-0.05, 0) is 17.7 Å². The van der Waals surface area contributed by atoms with Crippen LogP contribution >= 0.6 is 0 Å². The summed E-state index contributed by atoms with van der Waals surface area (Å²) in [5, 5.41) is 9.35. The van der Waals surface area contributed by atoms with Gasteiger partial charge < -0.3 is 10.8 Å². The van der Waals surface area contributed by atoms with E-state index in [1.54, 1.807) is 12.1 Å². The van der Waals surface area contributed by atoms with Crippen molar-refractivity contribution < 1.29 is 13.5 Å². The molecule has 0 bridgehead atoms. The van der Waals surface area contributed by atoms with Crippen LogP contribution in [0, 0.1) is 0 Å². The molecule has 0 saturated carbocycles. The molecule has 14 heavy (non-hydrogen) atoms. The molecule has 1 aromatic carbocycles. The number of hydrogen-bond donors (Lipinski definition) is 2. The van der Waals surface area contributed by atoms with Crippen molar-refractivity contribution in [2.24, 2.45) is 5.73 Å². The van der Waals surface area contributed by atoms with E-state index in [0.29, 0.717) is 5.56 Å². The third-order valence-electron chi connectivity index (χ3n) is 1.92. The van der Waals surface area contributed by atoms with Crippen LogP contribution in [0.1, 0.15) is 11.7 Å². The summed E-state index contributed by atoms with van der Waals surface area (Å²) in [6.45, 7) is 0.123. The zero-order valence-corrected chi connectivity index (χ0v) is 8.66. The van der Waals surface area contributed by atoms with Crippen molar-refractivity contribution >= 4 is 9.84 Å². The van der Waals surface area contributed by atoms with Crippen LogP contribution in [-0.4, -0.2) is 26.3 Å². The monoisotopic (exact) mass is 215 g/mol. The van der Waals surface area contributed by atoms with E-state index >= 15 is 0 Å². The van der Waals surface area contributed by atoms with E-state index in [9.17, 15) is 13.5 Å². The molecule has 3 N–H and O–H groups in total.